The van der Waals surface area contributed by atoms with E-state index in [1.54, 1.807) is 36.4 Å². The Morgan fingerprint density at radius 1 is 1.09 bits per heavy atom. The molecular weight excluding hydrogens is 523 g/mol. The van der Waals surface area contributed by atoms with Gasteiger partial charge in [0.1, 0.15) is 21.8 Å². The van der Waals surface area contributed by atoms with Crippen LogP contribution in [0.1, 0.15) is 17.5 Å². The van der Waals surface area contributed by atoms with Gasteiger partial charge >= 0.3 is 6.18 Å². The van der Waals surface area contributed by atoms with E-state index in [-0.39, 0.29) is 28.7 Å². The third-order valence-electron chi connectivity index (χ3n) is 5.33. The molecule has 11 heteroatoms. The van der Waals surface area contributed by atoms with Gasteiger partial charge < -0.3 is 4.74 Å². The zero-order valence-electron chi connectivity index (χ0n) is 18.0. The lowest BCUT2D eigenvalue weighted by molar-refractivity contribution is -0.137. The summed E-state index contributed by atoms with van der Waals surface area (Å²) in [6.07, 6.45) is -0.764. The Hall–Kier alpha value is -2.66. The largest absolute Gasteiger partial charge is 0.457 e. The molecule has 1 aliphatic rings. The predicted molar refractivity (Wildman–Crippen MR) is 127 cm³/mol. The van der Waals surface area contributed by atoms with Gasteiger partial charge in [0.15, 0.2) is 5.78 Å². The van der Waals surface area contributed by atoms with Crippen LogP contribution in [0.5, 0.6) is 11.5 Å². The summed E-state index contributed by atoms with van der Waals surface area (Å²) in [7, 11) is -3.86. The monoisotopic (exact) mass is 541 g/mol. The molecule has 2 heterocycles. The fourth-order valence-electron chi connectivity index (χ4n) is 3.60. The number of rotatable bonds is 8. The third kappa shape index (κ3) is 5.95. The van der Waals surface area contributed by atoms with Crippen LogP contribution in [0.15, 0.2) is 77.0 Å². The van der Waals surface area contributed by atoms with Crippen LogP contribution in [0.2, 0.25) is 4.34 Å². The molecule has 1 aliphatic heterocycles. The molecule has 0 saturated heterocycles. The van der Waals surface area contributed by atoms with Gasteiger partial charge in [-0.25, -0.2) is 8.42 Å². The summed E-state index contributed by atoms with van der Waals surface area (Å²) in [5, 5.41) is 0. The first-order valence-electron chi connectivity index (χ1n) is 10.4. The molecule has 0 bridgehead atoms. The highest BCUT2D eigenvalue weighted by atomic mass is 35.5. The van der Waals surface area contributed by atoms with Crippen molar-refractivity contribution in [1.29, 1.82) is 0 Å². The predicted octanol–water partition coefficient (Wildman–Crippen LogP) is 6.34. The van der Waals surface area contributed by atoms with E-state index in [4.69, 9.17) is 16.3 Å². The van der Waals surface area contributed by atoms with Crippen LogP contribution >= 0.6 is 22.9 Å². The molecule has 3 aromatic rings. The Balaban J connectivity index is 1.39. The number of ketones is 1. The van der Waals surface area contributed by atoms with Crippen LogP contribution in [0.25, 0.3) is 0 Å². The fourth-order valence-corrected chi connectivity index (χ4v) is 6.73. The normalized spacial score (nSPS) is 16.5. The van der Waals surface area contributed by atoms with E-state index in [9.17, 15) is 26.4 Å². The third-order valence-corrected chi connectivity index (χ3v) is 8.88. The summed E-state index contributed by atoms with van der Waals surface area (Å²) < 4.78 is 71.3. The summed E-state index contributed by atoms with van der Waals surface area (Å²) >= 11 is 6.81. The van der Waals surface area contributed by atoms with Crippen molar-refractivity contribution in [2.45, 2.75) is 29.3 Å². The lowest BCUT2D eigenvalue weighted by Crippen LogP contribution is -2.40. The van der Waals surface area contributed by atoms with Crippen LogP contribution < -0.4 is 4.74 Å². The Kier molecular flexibility index (Phi) is 7.37. The van der Waals surface area contributed by atoms with E-state index >= 15 is 0 Å². The Bertz CT molecular complexity index is 1350. The van der Waals surface area contributed by atoms with Crippen LogP contribution in [0.4, 0.5) is 13.2 Å². The fraction of sp³-hybridized carbons (Fsp3) is 0.208. The maximum absolute atomic E-state index is 12.9. The minimum Gasteiger partial charge on any atom is -0.457 e. The Morgan fingerprint density at radius 3 is 2.49 bits per heavy atom. The number of carbonyl (C=O) groups is 1. The highest BCUT2D eigenvalue weighted by Gasteiger charge is 2.37. The second-order valence-electron chi connectivity index (χ2n) is 7.74. The molecular formula is C24H19ClF3NO4S2. The number of carbonyl (C=O) groups excluding carboxylic acids is 1. The van der Waals surface area contributed by atoms with Gasteiger partial charge in [0.05, 0.1) is 9.90 Å². The molecule has 184 valence electrons. The molecule has 0 aliphatic carbocycles. The molecule has 0 unspecified atom stereocenters. The van der Waals surface area contributed by atoms with Gasteiger partial charge in [-0.2, -0.15) is 17.5 Å². The number of hydrogen-bond acceptors (Lipinski definition) is 5. The maximum atomic E-state index is 12.9. The van der Waals surface area contributed by atoms with Crippen molar-refractivity contribution in [3.8, 4) is 11.5 Å². The first-order chi connectivity index (χ1) is 16.5. The van der Waals surface area contributed by atoms with Crippen molar-refractivity contribution in [2.24, 2.45) is 0 Å². The van der Waals surface area contributed by atoms with Gasteiger partial charge in [-0.15, -0.1) is 11.3 Å². The van der Waals surface area contributed by atoms with Crippen molar-refractivity contribution >= 4 is 38.7 Å². The minimum absolute atomic E-state index is 0.0807. The molecule has 35 heavy (non-hydrogen) atoms. The second-order valence-corrected chi connectivity index (χ2v) is 11.6. The smallest absolute Gasteiger partial charge is 0.416 e. The first kappa shape index (κ1) is 25.4. The highest BCUT2D eigenvalue weighted by Crippen LogP contribution is 2.33. The molecule has 0 spiro atoms. The second kappa shape index (κ2) is 10.1. The van der Waals surface area contributed by atoms with E-state index in [0.29, 0.717) is 16.5 Å². The van der Waals surface area contributed by atoms with E-state index in [1.807, 2.05) is 0 Å². The maximum Gasteiger partial charge on any atom is 0.416 e. The summed E-state index contributed by atoms with van der Waals surface area (Å²) in [6, 6.07) is 13.2. The van der Waals surface area contributed by atoms with Gasteiger partial charge in [-0.05, 0) is 60.5 Å². The number of hydrogen-bond donors (Lipinski definition) is 0. The van der Waals surface area contributed by atoms with Crippen LogP contribution in [-0.2, 0) is 27.4 Å². The molecule has 1 atom stereocenters. The molecule has 1 aromatic heterocycles. The molecule has 5 nitrogen and oxygen atoms in total. The van der Waals surface area contributed by atoms with Crippen LogP contribution in [0, 0.1) is 0 Å². The van der Waals surface area contributed by atoms with E-state index in [1.165, 1.54) is 24.3 Å². The number of thiophene rings is 1. The van der Waals surface area contributed by atoms with Crippen molar-refractivity contribution in [3.63, 3.8) is 0 Å². The number of Topliss-reactive ketones (excluding diaryl/α,β-unsaturated/α-hetero) is 1. The lowest BCUT2D eigenvalue weighted by atomic mass is 10.0. The first-order valence-corrected chi connectivity index (χ1v) is 13.1. The average Bonchev–Trinajstić information content (AvgIpc) is 3.48. The van der Waals surface area contributed by atoms with Crippen molar-refractivity contribution in [1.82, 2.24) is 4.31 Å². The van der Waals surface area contributed by atoms with Crippen molar-refractivity contribution in [3.05, 3.63) is 88.3 Å². The number of ether oxygens (including phenoxy) is 1. The molecule has 0 amide bonds. The van der Waals surface area contributed by atoms with Gasteiger partial charge in [0.2, 0.25) is 0 Å². The standard InChI is InChI=1S/C24H19ClF3NO4S2/c25-22-12-13-23(34-22)35(31,32)29-14-2-5-20(29)21(30)11-6-16-3-1-4-19(15-16)33-18-9-7-17(8-10-18)24(26,27)28/h1-5,7-10,12-13,15,20H,6,11,14H2/t20-/m0/s1. The molecule has 0 radical (unpaired) electrons. The Labute approximate surface area is 209 Å². The summed E-state index contributed by atoms with van der Waals surface area (Å²) in [4.78, 5) is 12.9. The molecule has 2 aromatic carbocycles. The minimum atomic E-state index is -4.43. The number of benzene rings is 2. The molecule has 0 fully saturated rings. The van der Waals surface area contributed by atoms with Gasteiger partial charge in [0, 0.05) is 13.0 Å². The molecule has 0 N–H and O–H groups in total. The molecule has 0 saturated carbocycles. The molecule has 4 rings (SSSR count). The average molecular weight is 542 g/mol. The van der Waals surface area contributed by atoms with E-state index < -0.39 is 27.8 Å². The number of aryl methyl sites for hydroxylation is 1. The zero-order chi connectivity index (χ0) is 25.2. The number of alkyl halides is 3. The van der Waals surface area contributed by atoms with Crippen molar-refractivity contribution in [2.75, 3.05) is 6.54 Å². The number of halogens is 4. The highest BCUT2D eigenvalue weighted by molar-refractivity contribution is 7.91. The topological polar surface area (TPSA) is 63.7 Å². The van der Waals surface area contributed by atoms with Gasteiger partial charge in [-0.1, -0.05) is 35.9 Å². The quantitative estimate of drug-likeness (QED) is 0.312. The lowest BCUT2D eigenvalue weighted by Gasteiger charge is -2.22. The van der Waals surface area contributed by atoms with E-state index in [2.05, 4.69) is 0 Å². The van der Waals surface area contributed by atoms with Gasteiger partial charge in [-0.3, -0.25) is 4.79 Å². The Morgan fingerprint density at radius 2 is 1.83 bits per heavy atom. The summed E-state index contributed by atoms with van der Waals surface area (Å²) in [5.41, 5.74) is 0.000457. The SMILES string of the molecule is O=C(CCc1cccc(Oc2ccc(C(F)(F)F)cc2)c1)[C@@H]1C=CCN1S(=O)(=O)c1ccc(Cl)s1. The number of sulfonamides is 1. The summed E-state index contributed by atoms with van der Waals surface area (Å²) in [5.74, 6) is 0.408. The van der Waals surface area contributed by atoms with Crippen LogP contribution in [-0.4, -0.2) is 31.1 Å². The van der Waals surface area contributed by atoms with E-state index in [0.717, 1.165) is 33.3 Å². The summed E-state index contributed by atoms with van der Waals surface area (Å²) in [6.45, 7) is 0.102. The number of nitrogens with zero attached hydrogens (tertiary/aromatic N) is 1. The van der Waals surface area contributed by atoms with Gasteiger partial charge in [0.25, 0.3) is 10.0 Å². The zero-order valence-corrected chi connectivity index (χ0v) is 20.4. The van der Waals surface area contributed by atoms with Crippen LogP contribution in [0.3, 0.4) is 0 Å². The van der Waals surface area contributed by atoms with Crippen molar-refractivity contribution < 1.29 is 31.1 Å².